The molecule has 1 heterocycles. The predicted octanol–water partition coefficient (Wildman–Crippen LogP) is 15.0. The molecule has 0 N–H and O–H groups in total. The molecule has 0 amide bonds. The topological polar surface area (TPSA) is 16.4 Å². The van der Waals surface area contributed by atoms with E-state index in [-0.39, 0.29) is 0 Å². The molecule has 54 heavy (non-hydrogen) atoms. The third kappa shape index (κ3) is 4.96. The third-order valence-electron chi connectivity index (χ3n) is 11.0. The van der Waals surface area contributed by atoms with Gasteiger partial charge >= 0.3 is 0 Å². The highest BCUT2D eigenvalue weighted by atomic mass is 16.3. The Morgan fingerprint density at radius 3 is 1.76 bits per heavy atom. The zero-order valence-corrected chi connectivity index (χ0v) is 29.4. The lowest BCUT2D eigenvalue weighted by molar-refractivity contribution is 0.669. The molecule has 0 saturated carbocycles. The molecular formula is C52H33NO. The van der Waals surface area contributed by atoms with Crippen LogP contribution in [0.25, 0.3) is 87.3 Å². The molecule has 11 aromatic rings. The molecule has 0 saturated heterocycles. The third-order valence-corrected chi connectivity index (χ3v) is 11.0. The van der Waals surface area contributed by atoms with E-state index in [4.69, 9.17) is 4.42 Å². The van der Waals surface area contributed by atoms with Crippen molar-refractivity contribution in [2.45, 2.75) is 0 Å². The Labute approximate surface area is 312 Å². The second-order valence-corrected chi connectivity index (χ2v) is 14.1. The van der Waals surface area contributed by atoms with Crippen LogP contribution in [0.15, 0.2) is 205 Å². The minimum absolute atomic E-state index is 0.892. The summed E-state index contributed by atoms with van der Waals surface area (Å²) in [6.45, 7) is 0. The maximum absolute atomic E-state index is 6.41. The van der Waals surface area contributed by atoms with Crippen molar-refractivity contribution < 1.29 is 4.42 Å². The number of hydrogen-bond donors (Lipinski definition) is 0. The van der Waals surface area contributed by atoms with Crippen LogP contribution in [0.5, 0.6) is 0 Å². The quantitative estimate of drug-likeness (QED) is 0.168. The van der Waals surface area contributed by atoms with Crippen LogP contribution >= 0.6 is 0 Å². The lowest BCUT2D eigenvalue weighted by atomic mass is 9.97. The monoisotopic (exact) mass is 687 g/mol. The number of hydrogen-bond acceptors (Lipinski definition) is 2. The number of rotatable bonds is 5. The van der Waals surface area contributed by atoms with Crippen LogP contribution in [0.2, 0.25) is 0 Å². The molecule has 0 aliphatic carbocycles. The molecule has 2 nitrogen and oxygen atoms in total. The summed E-state index contributed by atoms with van der Waals surface area (Å²) >= 11 is 0. The summed E-state index contributed by atoms with van der Waals surface area (Å²) in [6, 6.07) is 72.5. The van der Waals surface area contributed by atoms with Gasteiger partial charge in [-0.15, -0.1) is 0 Å². The molecular weight excluding hydrogens is 655 g/mol. The van der Waals surface area contributed by atoms with Crippen molar-refractivity contribution in [1.82, 2.24) is 0 Å². The number of nitrogens with zero attached hydrogens (tertiary/aromatic N) is 1. The Morgan fingerprint density at radius 1 is 0.296 bits per heavy atom. The van der Waals surface area contributed by atoms with Gasteiger partial charge in [-0.05, 0) is 109 Å². The molecule has 0 aliphatic heterocycles. The minimum atomic E-state index is 0.892. The Morgan fingerprint density at radius 2 is 0.907 bits per heavy atom. The van der Waals surface area contributed by atoms with Crippen molar-refractivity contribution in [2.24, 2.45) is 0 Å². The van der Waals surface area contributed by atoms with Gasteiger partial charge < -0.3 is 9.32 Å². The molecule has 1 aromatic heterocycles. The molecule has 0 fully saturated rings. The first kappa shape index (κ1) is 30.5. The summed E-state index contributed by atoms with van der Waals surface area (Å²) < 4.78 is 6.41. The SMILES string of the molecule is c1ccc(N(c2ccc(-c3ccc4ccccc4c3)cc2)c2cccc3c2ccc2ccccc23)c(-c2ccc3oc4cc5ccccc5cc4c3c2)c1. The second-order valence-electron chi connectivity index (χ2n) is 14.1. The highest BCUT2D eigenvalue weighted by molar-refractivity contribution is 6.14. The van der Waals surface area contributed by atoms with Crippen LogP contribution in [0.4, 0.5) is 17.1 Å². The Hall–Kier alpha value is -7.16. The maximum Gasteiger partial charge on any atom is 0.136 e. The molecule has 0 spiro atoms. The Kier molecular flexibility index (Phi) is 6.90. The van der Waals surface area contributed by atoms with Gasteiger partial charge in [0.15, 0.2) is 0 Å². The van der Waals surface area contributed by atoms with Gasteiger partial charge in [0.2, 0.25) is 0 Å². The van der Waals surface area contributed by atoms with Crippen LogP contribution in [0.3, 0.4) is 0 Å². The van der Waals surface area contributed by atoms with Crippen LogP contribution in [-0.4, -0.2) is 0 Å². The zero-order valence-electron chi connectivity index (χ0n) is 29.4. The molecule has 0 aliphatic rings. The van der Waals surface area contributed by atoms with Crippen molar-refractivity contribution in [2.75, 3.05) is 4.90 Å². The van der Waals surface area contributed by atoms with Gasteiger partial charge in [-0.3, -0.25) is 0 Å². The highest BCUT2D eigenvalue weighted by Gasteiger charge is 2.21. The molecule has 10 aromatic carbocycles. The van der Waals surface area contributed by atoms with Crippen LogP contribution in [0.1, 0.15) is 0 Å². The molecule has 11 rings (SSSR count). The largest absolute Gasteiger partial charge is 0.456 e. The first-order chi connectivity index (χ1) is 26.7. The summed E-state index contributed by atoms with van der Waals surface area (Å²) in [7, 11) is 0. The fraction of sp³-hybridized carbons (Fsp3) is 0. The smallest absolute Gasteiger partial charge is 0.136 e. The number of furan rings is 1. The van der Waals surface area contributed by atoms with E-state index in [1.807, 2.05) is 0 Å². The van der Waals surface area contributed by atoms with Gasteiger partial charge in [-0.25, -0.2) is 0 Å². The van der Waals surface area contributed by atoms with Gasteiger partial charge in [-0.1, -0.05) is 146 Å². The first-order valence-corrected chi connectivity index (χ1v) is 18.5. The standard InChI is InChI=1S/C52H33NO/c1-2-12-37-30-40(21-20-34(37)10-1)35-22-26-42(27-23-35)53(50-19-9-17-45-43-15-6-5-11-36(43)24-28-46(45)50)49-18-8-7-16-44(49)41-25-29-51-47(32-41)48-31-38-13-3-4-14-39(38)33-52(48)54-51/h1-33H. The fourth-order valence-electron chi connectivity index (χ4n) is 8.34. The van der Waals surface area contributed by atoms with Crippen molar-refractivity contribution in [1.29, 1.82) is 0 Å². The molecule has 2 heteroatoms. The summed E-state index contributed by atoms with van der Waals surface area (Å²) in [5.41, 5.74) is 9.80. The zero-order chi connectivity index (χ0) is 35.6. The maximum atomic E-state index is 6.41. The molecule has 0 bridgehead atoms. The van der Waals surface area contributed by atoms with E-state index in [0.717, 1.165) is 50.1 Å². The molecule has 0 radical (unpaired) electrons. The summed E-state index contributed by atoms with van der Waals surface area (Å²) in [5.74, 6) is 0. The molecule has 0 atom stereocenters. The van der Waals surface area contributed by atoms with Crippen molar-refractivity contribution in [3.8, 4) is 22.3 Å². The van der Waals surface area contributed by atoms with Gasteiger partial charge in [-0.2, -0.15) is 0 Å². The number of benzene rings is 10. The Bertz CT molecular complexity index is 3230. The van der Waals surface area contributed by atoms with E-state index < -0.39 is 0 Å². The second kappa shape index (κ2) is 12.2. The number of anilines is 3. The summed E-state index contributed by atoms with van der Waals surface area (Å²) in [5, 5.41) is 12.1. The predicted molar refractivity (Wildman–Crippen MR) is 229 cm³/mol. The average Bonchev–Trinajstić information content (AvgIpc) is 3.59. The van der Waals surface area contributed by atoms with Crippen LogP contribution in [-0.2, 0) is 0 Å². The minimum Gasteiger partial charge on any atom is -0.456 e. The van der Waals surface area contributed by atoms with Crippen molar-refractivity contribution in [3.63, 3.8) is 0 Å². The van der Waals surface area contributed by atoms with E-state index in [2.05, 4.69) is 205 Å². The van der Waals surface area contributed by atoms with E-state index in [0.29, 0.717) is 0 Å². The van der Waals surface area contributed by atoms with E-state index in [1.54, 1.807) is 0 Å². The van der Waals surface area contributed by atoms with Crippen LogP contribution < -0.4 is 4.90 Å². The lowest BCUT2D eigenvalue weighted by Crippen LogP contribution is -2.11. The van der Waals surface area contributed by atoms with Gasteiger partial charge in [0.05, 0.1) is 11.4 Å². The lowest BCUT2D eigenvalue weighted by Gasteiger charge is -2.29. The van der Waals surface area contributed by atoms with E-state index >= 15 is 0 Å². The van der Waals surface area contributed by atoms with Gasteiger partial charge in [0.1, 0.15) is 11.2 Å². The summed E-state index contributed by atoms with van der Waals surface area (Å²) in [6.07, 6.45) is 0. The van der Waals surface area contributed by atoms with Gasteiger partial charge in [0, 0.05) is 27.4 Å². The van der Waals surface area contributed by atoms with Crippen LogP contribution in [0, 0.1) is 0 Å². The van der Waals surface area contributed by atoms with E-state index in [1.165, 1.54) is 54.2 Å². The van der Waals surface area contributed by atoms with Crippen molar-refractivity contribution >= 4 is 82.1 Å². The fourth-order valence-corrected chi connectivity index (χ4v) is 8.34. The number of para-hydroxylation sites is 1. The average molecular weight is 688 g/mol. The number of fused-ring (bicyclic) bond motifs is 8. The molecule has 252 valence electrons. The highest BCUT2D eigenvalue weighted by Crippen LogP contribution is 2.45. The van der Waals surface area contributed by atoms with E-state index in [9.17, 15) is 0 Å². The molecule has 0 unspecified atom stereocenters. The Balaban J connectivity index is 1.11. The first-order valence-electron chi connectivity index (χ1n) is 18.5. The normalized spacial score (nSPS) is 11.7. The summed E-state index contributed by atoms with van der Waals surface area (Å²) in [4.78, 5) is 2.43. The van der Waals surface area contributed by atoms with Gasteiger partial charge in [0.25, 0.3) is 0 Å². The van der Waals surface area contributed by atoms with Crippen molar-refractivity contribution in [3.05, 3.63) is 200 Å².